The van der Waals surface area contributed by atoms with Crippen molar-refractivity contribution in [1.82, 2.24) is 15.0 Å². The fourth-order valence-electron chi connectivity index (χ4n) is 2.69. The van der Waals surface area contributed by atoms with Crippen molar-refractivity contribution in [2.24, 2.45) is 0 Å². The molecule has 118 valence electrons. The van der Waals surface area contributed by atoms with E-state index in [1.54, 1.807) is 0 Å². The van der Waals surface area contributed by atoms with Gasteiger partial charge in [-0.3, -0.25) is 0 Å². The van der Waals surface area contributed by atoms with Crippen LogP contribution in [0, 0.1) is 0 Å². The molecule has 0 saturated heterocycles. The molecule has 2 N–H and O–H groups in total. The summed E-state index contributed by atoms with van der Waals surface area (Å²) in [6, 6.07) is 20.4. The summed E-state index contributed by atoms with van der Waals surface area (Å²) < 4.78 is 0. The lowest BCUT2D eigenvalue weighted by atomic mass is 10.0. The van der Waals surface area contributed by atoms with Gasteiger partial charge in [0, 0.05) is 12.6 Å². The number of rotatable bonds is 3. The van der Waals surface area contributed by atoms with Gasteiger partial charge in [-0.2, -0.15) is 4.98 Å². The second kappa shape index (κ2) is 5.98. The van der Waals surface area contributed by atoms with E-state index in [1.807, 2.05) is 43.4 Å². The first-order valence-corrected chi connectivity index (χ1v) is 8.02. The number of hydrogen-bond donors (Lipinski definition) is 2. The van der Waals surface area contributed by atoms with Gasteiger partial charge < -0.3 is 10.3 Å². The highest BCUT2D eigenvalue weighted by Gasteiger charge is 2.11. The van der Waals surface area contributed by atoms with Crippen LogP contribution in [0.5, 0.6) is 0 Å². The van der Waals surface area contributed by atoms with E-state index in [4.69, 9.17) is 11.6 Å². The number of aromatic nitrogens is 3. The lowest BCUT2D eigenvalue weighted by Crippen LogP contribution is -1.89. The van der Waals surface area contributed by atoms with Gasteiger partial charge in [-0.1, -0.05) is 66.2 Å². The van der Waals surface area contributed by atoms with Crippen LogP contribution in [0.3, 0.4) is 0 Å². The van der Waals surface area contributed by atoms with E-state index in [9.17, 15) is 0 Å². The van der Waals surface area contributed by atoms with Gasteiger partial charge >= 0.3 is 0 Å². The fourth-order valence-corrected chi connectivity index (χ4v) is 2.95. The van der Waals surface area contributed by atoms with Gasteiger partial charge in [-0.15, -0.1) is 0 Å². The number of anilines is 1. The molecule has 0 aliphatic rings. The van der Waals surface area contributed by atoms with Gasteiger partial charge in [-0.25, -0.2) is 4.98 Å². The molecule has 0 aliphatic carbocycles. The van der Waals surface area contributed by atoms with Crippen molar-refractivity contribution in [3.8, 4) is 22.4 Å². The minimum Gasteiger partial charge on any atom is -0.359 e. The summed E-state index contributed by atoms with van der Waals surface area (Å²) in [5, 5.41) is 3.57. The molecule has 0 spiro atoms. The summed E-state index contributed by atoms with van der Waals surface area (Å²) in [7, 11) is 1.81. The number of hydrogen-bond acceptors (Lipinski definition) is 3. The van der Waals surface area contributed by atoms with E-state index in [0.717, 1.165) is 22.3 Å². The SMILES string of the molecule is CNc1nc2nc(-c3ccc(-c4ccccc4)cc3)c(Cl)cc2[nH]1. The quantitative estimate of drug-likeness (QED) is 0.555. The number of aromatic amines is 1. The maximum absolute atomic E-state index is 6.42. The zero-order valence-corrected chi connectivity index (χ0v) is 13.8. The Balaban J connectivity index is 1.75. The highest BCUT2D eigenvalue weighted by molar-refractivity contribution is 6.33. The van der Waals surface area contributed by atoms with E-state index in [2.05, 4.69) is 44.5 Å². The van der Waals surface area contributed by atoms with Crippen LogP contribution in [-0.4, -0.2) is 22.0 Å². The second-order valence-corrected chi connectivity index (χ2v) is 5.88. The Morgan fingerprint density at radius 2 is 1.54 bits per heavy atom. The Morgan fingerprint density at radius 1 is 0.875 bits per heavy atom. The molecule has 4 rings (SSSR count). The summed E-state index contributed by atoms with van der Waals surface area (Å²) in [6.07, 6.45) is 0. The minimum atomic E-state index is 0.598. The number of pyridine rings is 1. The van der Waals surface area contributed by atoms with Gasteiger partial charge in [0.2, 0.25) is 5.95 Å². The van der Waals surface area contributed by atoms with E-state index in [1.165, 1.54) is 5.56 Å². The molecule has 0 amide bonds. The molecule has 2 aromatic heterocycles. The van der Waals surface area contributed by atoms with Gasteiger partial charge in [0.25, 0.3) is 0 Å². The summed E-state index contributed by atoms with van der Waals surface area (Å²) in [6.45, 7) is 0. The number of nitrogens with zero attached hydrogens (tertiary/aromatic N) is 2. The van der Waals surface area contributed by atoms with Gasteiger partial charge in [0.05, 0.1) is 16.2 Å². The largest absolute Gasteiger partial charge is 0.359 e. The second-order valence-electron chi connectivity index (χ2n) is 5.47. The number of H-pyrrole nitrogens is 1. The Labute approximate surface area is 144 Å². The molecular weight excluding hydrogens is 320 g/mol. The lowest BCUT2D eigenvalue weighted by molar-refractivity contribution is 1.26. The molecular formula is C19H15ClN4. The first-order chi connectivity index (χ1) is 11.7. The van der Waals surface area contributed by atoms with Crippen molar-refractivity contribution in [2.75, 3.05) is 12.4 Å². The number of fused-ring (bicyclic) bond motifs is 1. The molecule has 0 fully saturated rings. The molecule has 0 unspecified atom stereocenters. The van der Waals surface area contributed by atoms with E-state index < -0.39 is 0 Å². The van der Waals surface area contributed by atoms with Crippen molar-refractivity contribution in [2.45, 2.75) is 0 Å². The Hall–Kier alpha value is -2.85. The monoisotopic (exact) mass is 334 g/mol. The summed E-state index contributed by atoms with van der Waals surface area (Å²) in [5.41, 5.74) is 5.51. The fraction of sp³-hybridized carbons (Fsp3) is 0.0526. The molecule has 0 atom stereocenters. The van der Waals surface area contributed by atoms with Crippen LogP contribution in [-0.2, 0) is 0 Å². The molecule has 2 aromatic carbocycles. The third-order valence-electron chi connectivity index (χ3n) is 3.93. The Morgan fingerprint density at radius 3 is 2.25 bits per heavy atom. The normalized spacial score (nSPS) is 10.9. The summed E-state index contributed by atoms with van der Waals surface area (Å²) >= 11 is 6.42. The molecule has 4 aromatic rings. The first kappa shape index (κ1) is 14.7. The van der Waals surface area contributed by atoms with Crippen LogP contribution in [0.4, 0.5) is 5.95 Å². The van der Waals surface area contributed by atoms with Crippen molar-refractivity contribution in [3.05, 3.63) is 65.7 Å². The smallest absolute Gasteiger partial charge is 0.202 e. The van der Waals surface area contributed by atoms with Crippen LogP contribution in [0.15, 0.2) is 60.7 Å². The van der Waals surface area contributed by atoms with Crippen molar-refractivity contribution in [3.63, 3.8) is 0 Å². The molecule has 0 bridgehead atoms. The molecule has 5 heteroatoms. The van der Waals surface area contributed by atoms with Gasteiger partial charge in [0.15, 0.2) is 5.65 Å². The lowest BCUT2D eigenvalue weighted by Gasteiger charge is -2.06. The van der Waals surface area contributed by atoms with E-state index >= 15 is 0 Å². The van der Waals surface area contributed by atoms with Crippen molar-refractivity contribution in [1.29, 1.82) is 0 Å². The number of imidazole rings is 1. The van der Waals surface area contributed by atoms with Gasteiger partial charge in [-0.05, 0) is 17.2 Å². The molecule has 24 heavy (non-hydrogen) atoms. The maximum Gasteiger partial charge on any atom is 0.202 e. The number of halogens is 1. The third kappa shape index (κ3) is 2.61. The summed E-state index contributed by atoms with van der Waals surface area (Å²) in [4.78, 5) is 12.1. The van der Waals surface area contributed by atoms with Crippen LogP contribution in [0.2, 0.25) is 5.02 Å². The van der Waals surface area contributed by atoms with Crippen LogP contribution >= 0.6 is 11.6 Å². The molecule has 0 aliphatic heterocycles. The van der Waals surface area contributed by atoms with E-state index in [-0.39, 0.29) is 0 Å². The van der Waals surface area contributed by atoms with Gasteiger partial charge in [0.1, 0.15) is 0 Å². The Kier molecular flexibility index (Phi) is 3.67. The molecule has 2 heterocycles. The Bertz CT molecular complexity index is 991. The minimum absolute atomic E-state index is 0.598. The standard InChI is InChI=1S/C19H15ClN4/c1-21-19-22-16-11-15(20)17(23-18(16)24-19)14-9-7-13(8-10-14)12-5-3-2-4-6-12/h2-11H,1H3,(H2,21,22,23,24). The average Bonchev–Trinajstić information content (AvgIpc) is 3.04. The number of nitrogens with one attached hydrogen (secondary N) is 2. The average molecular weight is 335 g/mol. The topological polar surface area (TPSA) is 53.6 Å². The van der Waals surface area contributed by atoms with Crippen molar-refractivity contribution >= 4 is 28.7 Å². The molecule has 4 nitrogen and oxygen atoms in total. The maximum atomic E-state index is 6.42. The highest BCUT2D eigenvalue weighted by atomic mass is 35.5. The molecule has 0 saturated carbocycles. The zero-order chi connectivity index (χ0) is 16.5. The van der Waals surface area contributed by atoms with E-state index in [0.29, 0.717) is 16.6 Å². The van der Waals surface area contributed by atoms with Crippen molar-refractivity contribution < 1.29 is 0 Å². The highest BCUT2D eigenvalue weighted by Crippen LogP contribution is 2.30. The zero-order valence-electron chi connectivity index (χ0n) is 13.0. The summed E-state index contributed by atoms with van der Waals surface area (Å²) in [5.74, 6) is 0.671. The first-order valence-electron chi connectivity index (χ1n) is 7.64. The predicted molar refractivity (Wildman–Crippen MR) is 99.3 cm³/mol. The van der Waals surface area contributed by atoms with Crippen LogP contribution in [0.25, 0.3) is 33.5 Å². The molecule has 0 radical (unpaired) electrons. The number of benzene rings is 2. The predicted octanol–water partition coefficient (Wildman–Crippen LogP) is 4.99. The third-order valence-corrected chi connectivity index (χ3v) is 4.22. The van der Waals surface area contributed by atoms with Crippen LogP contribution < -0.4 is 5.32 Å². The van der Waals surface area contributed by atoms with Crippen LogP contribution in [0.1, 0.15) is 0 Å².